The molecule has 204 valence electrons. The number of rotatable bonds is 24. The Bertz CT molecular complexity index is 536. The van der Waals surface area contributed by atoms with E-state index >= 15 is 0 Å². The van der Waals surface area contributed by atoms with E-state index < -0.39 is 13.7 Å². The van der Waals surface area contributed by atoms with Crippen molar-refractivity contribution in [2.75, 3.05) is 40.5 Å². The highest BCUT2D eigenvalue weighted by Crippen LogP contribution is 2.42. The standard InChI is InChI=1S/C27H56NO5P/c1-6-7-8-9-10-11-12-13-14-15-16-17-18-19-20-21-22-27(33-26(2)29)25-32-34(30,31)24-23-28(3,4)5/h27H,6-25H2,1-5H3/p+1. The Hall–Kier alpha value is -0.420. The third-order valence-electron chi connectivity index (χ3n) is 6.23. The fourth-order valence-corrected chi connectivity index (χ4v) is 5.40. The van der Waals surface area contributed by atoms with E-state index in [0.717, 1.165) is 12.8 Å². The van der Waals surface area contributed by atoms with Crippen molar-refractivity contribution in [3.63, 3.8) is 0 Å². The maximum atomic E-state index is 12.3. The molecule has 0 aliphatic heterocycles. The molecular weight excluding hydrogens is 449 g/mol. The molecule has 0 saturated heterocycles. The topological polar surface area (TPSA) is 72.8 Å². The summed E-state index contributed by atoms with van der Waals surface area (Å²) in [6, 6.07) is 0. The lowest BCUT2D eigenvalue weighted by Gasteiger charge is -2.25. The van der Waals surface area contributed by atoms with E-state index in [2.05, 4.69) is 6.92 Å². The number of carbonyl (C=O) groups is 1. The lowest BCUT2D eigenvalue weighted by Crippen LogP contribution is -2.37. The van der Waals surface area contributed by atoms with Gasteiger partial charge in [-0.2, -0.15) is 0 Å². The van der Waals surface area contributed by atoms with Crippen LogP contribution in [0.15, 0.2) is 0 Å². The van der Waals surface area contributed by atoms with Gasteiger partial charge < -0.3 is 18.6 Å². The lowest BCUT2D eigenvalue weighted by atomic mass is 10.0. The van der Waals surface area contributed by atoms with Gasteiger partial charge in [0.1, 0.15) is 6.10 Å². The van der Waals surface area contributed by atoms with Crippen LogP contribution >= 0.6 is 7.60 Å². The molecule has 7 heteroatoms. The molecule has 1 N–H and O–H groups in total. The number of nitrogens with zero attached hydrogens (tertiary/aromatic N) is 1. The van der Waals surface area contributed by atoms with E-state index in [4.69, 9.17) is 9.26 Å². The Balaban J connectivity index is 3.76. The van der Waals surface area contributed by atoms with Gasteiger partial charge in [-0.3, -0.25) is 9.36 Å². The van der Waals surface area contributed by atoms with E-state index in [0.29, 0.717) is 17.4 Å². The van der Waals surface area contributed by atoms with Gasteiger partial charge in [-0.15, -0.1) is 0 Å². The van der Waals surface area contributed by atoms with E-state index in [9.17, 15) is 14.3 Å². The summed E-state index contributed by atoms with van der Waals surface area (Å²) in [6.45, 7) is 4.18. The quantitative estimate of drug-likeness (QED) is 0.0636. The molecule has 0 aromatic heterocycles. The SMILES string of the molecule is CCCCCCCCCCCCCCCCCCC(COP(=O)(O)CC[N+](C)(C)C)OC(C)=O. The molecule has 6 nitrogen and oxygen atoms in total. The van der Waals surface area contributed by atoms with Crippen molar-refractivity contribution in [2.24, 2.45) is 0 Å². The van der Waals surface area contributed by atoms with Gasteiger partial charge in [-0.05, 0) is 12.8 Å². The molecular formula is C27H57NO5P+. The van der Waals surface area contributed by atoms with Crippen LogP contribution in [0.2, 0.25) is 0 Å². The Morgan fingerprint density at radius 2 is 1.21 bits per heavy atom. The fraction of sp³-hybridized carbons (Fsp3) is 0.963. The zero-order valence-electron chi connectivity index (χ0n) is 23.2. The summed E-state index contributed by atoms with van der Waals surface area (Å²) in [5, 5.41) is 0. The molecule has 0 aliphatic carbocycles. The molecule has 2 atom stereocenters. The number of ether oxygens (including phenoxy) is 1. The minimum Gasteiger partial charge on any atom is -0.460 e. The average molecular weight is 507 g/mol. The van der Waals surface area contributed by atoms with Crippen molar-refractivity contribution in [3.8, 4) is 0 Å². The van der Waals surface area contributed by atoms with Crippen molar-refractivity contribution in [3.05, 3.63) is 0 Å². The van der Waals surface area contributed by atoms with Gasteiger partial charge in [0.05, 0.1) is 40.5 Å². The summed E-state index contributed by atoms with van der Waals surface area (Å²) in [5.74, 6) is -0.371. The van der Waals surface area contributed by atoms with Crippen LogP contribution in [0.4, 0.5) is 0 Å². The zero-order valence-corrected chi connectivity index (χ0v) is 24.1. The molecule has 0 spiro atoms. The largest absolute Gasteiger partial charge is 0.460 e. The predicted octanol–water partition coefficient (Wildman–Crippen LogP) is 7.48. The van der Waals surface area contributed by atoms with Crippen molar-refractivity contribution in [1.29, 1.82) is 0 Å². The molecule has 0 aliphatic rings. The van der Waals surface area contributed by atoms with Gasteiger partial charge in [0, 0.05) is 6.92 Å². The molecule has 2 unspecified atom stereocenters. The average Bonchev–Trinajstić information content (AvgIpc) is 2.75. The molecule has 0 heterocycles. The Morgan fingerprint density at radius 1 is 0.794 bits per heavy atom. The summed E-state index contributed by atoms with van der Waals surface area (Å²) in [4.78, 5) is 21.5. The predicted molar refractivity (Wildman–Crippen MR) is 143 cm³/mol. The highest BCUT2D eigenvalue weighted by Gasteiger charge is 2.25. The van der Waals surface area contributed by atoms with E-state index in [1.165, 1.54) is 96.8 Å². The molecule has 0 amide bonds. The van der Waals surface area contributed by atoms with Crippen molar-refractivity contribution in [2.45, 2.75) is 129 Å². The summed E-state index contributed by atoms with van der Waals surface area (Å²) in [6.07, 6.45) is 21.3. The molecule has 34 heavy (non-hydrogen) atoms. The van der Waals surface area contributed by atoms with Gasteiger partial charge in [0.2, 0.25) is 0 Å². The molecule has 0 radical (unpaired) electrons. The van der Waals surface area contributed by atoms with Crippen molar-refractivity contribution in [1.82, 2.24) is 0 Å². The van der Waals surface area contributed by atoms with E-state index in [-0.39, 0.29) is 18.7 Å². The second kappa shape index (κ2) is 20.7. The normalized spacial score (nSPS) is 14.6. The van der Waals surface area contributed by atoms with Crippen molar-refractivity contribution < 1.29 is 28.0 Å². The van der Waals surface area contributed by atoms with Gasteiger partial charge in [0.15, 0.2) is 0 Å². The lowest BCUT2D eigenvalue weighted by molar-refractivity contribution is -0.867. The summed E-state index contributed by atoms with van der Waals surface area (Å²) < 4.78 is 23.5. The number of hydrogen-bond donors (Lipinski definition) is 1. The van der Waals surface area contributed by atoms with Crippen LogP contribution in [0.1, 0.15) is 123 Å². The number of esters is 1. The number of unbranched alkanes of at least 4 members (excludes halogenated alkanes) is 15. The van der Waals surface area contributed by atoms with Crippen LogP contribution in [0, 0.1) is 0 Å². The molecule has 0 aromatic rings. The van der Waals surface area contributed by atoms with Gasteiger partial charge in [0.25, 0.3) is 0 Å². The fourth-order valence-electron chi connectivity index (χ4n) is 4.02. The molecule has 0 bridgehead atoms. The Kier molecular flexibility index (Phi) is 20.5. The highest BCUT2D eigenvalue weighted by atomic mass is 31.2. The maximum absolute atomic E-state index is 12.3. The number of hydrogen-bond acceptors (Lipinski definition) is 4. The minimum absolute atomic E-state index is 0.0107. The minimum atomic E-state index is -3.67. The van der Waals surface area contributed by atoms with E-state index in [1.54, 1.807) is 0 Å². The Labute approximate surface area is 211 Å². The van der Waals surface area contributed by atoms with Crippen LogP contribution in [0.5, 0.6) is 0 Å². The van der Waals surface area contributed by atoms with Gasteiger partial charge in [-0.1, -0.05) is 103 Å². The molecule has 0 aromatic carbocycles. The first kappa shape index (κ1) is 33.6. The summed E-state index contributed by atoms with van der Waals surface area (Å²) in [5.41, 5.74) is 0. The maximum Gasteiger partial charge on any atom is 0.333 e. The molecule has 0 rings (SSSR count). The van der Waals surface area contributed by atoms with Crippen molar-refractivity contribution >= 4 is 13.6 Å². The number of quaternary nitrogens is 1. The number of carbonyl (C=O) groups excluding carboxylic acids is 1. The first-order valence-corrected chi connectivity index (χ1v) is 15.8. The van der Waals surface area contributed by atoms with Crippen LogP contribution in [-0.2, 0) is 18.6 Å². The van der Waals surface area contributed by atoms with Crippen LogP contribution < -0.4 is 0 Å². The first-order valence-electron chi connectivity index (χ1n) is 14.0. The monoisotopic (exact) mass is 506 g/mol. The van der Waals surface area contributed by atoms with E-state index in [1.807, 2.05) is 21.1 Å². The summed E-state index contributed by atoms with van der Waals surface area (Å²) in [7, 11) is 2.24. The summed E-state index contributed by atoms with van der Waals surface area (Å²) >= 11 is 0. The second-order valence-corrected chi connectivity index (χ2v) is 13.0. The van der Waals surface area contributed by atoms with Crippen LogP contribution in [-0.4, -0.2) is 61.9 Å². The van der Waals surface area contributed by atoms with Crippen LogP contribution in [0.25, 0.3) is 0 Å². The Morgan fingerprint density at radius 3 is 1.59 bits per heavy atom. The van der Waals surface area contributed by atoms with Gasteiger partial charge >= 0.3 is 13.6 Å². The third-order valence-corrected chi connectivity index (χ3v) is 7.55. The van der Waals surface area contributed by atoms with Gasteiger partial charge in [-0.25, -0.2) is 0 Å². The third kappa shape index (κ3) is 24.7. The highest BCUT2D eigenvalue weighted by molar-refractivity contribution is 7.52. The molecule has 0 saturated carbocycles. The second-order valence-electron chi connectivity index (χ2n) is 11.0. The molecule has 0 fully saturated rings. The smallest absolute Gasteiger partial charge is 0.333 e. The van der Waals surface area contributed by atoms with Crippen LogP contribution in [0.3, 0.4) is 0 Å². The zero-order chi connectivity index (χ0) is 25.7. The first-order chi connectivity index (χ1) is 16.1.